The molecule has 1 atom stereocenters. The van der Waals surface area contributed by atoms with Crippen molar-refractivity contribution in [2.24, 2.45) is 5.73 Å². The van der Waals surface area contributed by atoms with Crippen molar-refractivity contribution >= 4 is 54.5 Å². The molecule has 2 aromatic rings. The maximum Gasteiger partial charge on any atom is 0.0439 e. The van der Waals surface area contributed by atoms with Gasteiger partial charge in [-0.3, -0.25) is 0 Å². The third-order valence-electron chi connectivity index (χ3n) is 2.05. The molecule has 0 aliphatic heterocycles. The summed E-state index contributed by atoms with van der Waals surface area (Å²) >= 11 is 10.4. The highest BCUT2D eigenvalue weighted by Gasteiger charge is 2.12. The Bertz CT molecular complexity index is 450. The van der Waals surface area contributed by atoms with E-state index in [9.17, 15) is 0 Å². The van der Waals surface area contributed by atoms with Gasteiger partial charge in [0.25, 0.3) is 0 Å². The lowest BCUT2D eigenvalue weighted by Crippen LogP contribution is -2.11. The van der Waals surface area contributed by atoms with Crippen LogP contribution < -0.4 is 5.73 Å². The average Bonchev–Trinajstić information content (AvgIpc) is 2.77. The summed E-state index contributed by atoms with van der Waals surface area (Å²) in [6.07, 6.45) is 0.894. The van der Waals surface area contributed by atoms with Crippen LogP contribution in [-0.2, 0) is 6.42 Å². The predicted octanol–water partition coefficient (Wildman–Crippen LogP) is 4.58. The number of hydrogen-bond acceptors (Lipinski definition) is 3. The van der Waals surface area contributed by atoms with E-state index >= 15 is 0 Å². The molecule has 0 aliphatic carbocycles. The topological polar surface area (TPSA) is 26.0 Å². The minimum atomic E-state index is 0.0937. The molecule has 0 spiro atoms. The minimum absolute atomic E-state index is 0.0937. The van der Waals surface area contributed by atoms with Crippen molar-refractivity contribution in [3.8, 4) is 0 Å². The number of rotatable bonds is 3. The Morgan fingerprint density at radius 3 is 2.67 bits per heavy atom. The van der Waals surface area contributed by atoms with Crippen LogP contribution in [0.2, 0.25) is 0 Å². The van der Waals surface area contributed by atoms with Crippen LogP contribution in [0.1, 0.15) is 15.8 Å². The standard InChI is InChI=1S/C10H9Br2NS2/c11-6-3-10(15-5-6)8(13)4-9-7(12)1-2-14-9/h1-3,5,8H,4,13H2. The Labute approximate surface area is 114 Å². The minimum Gasteiger partial charge on any atom is -0.323 e. The van der Waals surface area contributed by atoms with Gasteiger partial charge in [-0.1, -0.05) is 0 Å². The van der Waals surface area contributed by atoms with Crippen LogP contribution in [0.4, 0.5) is 0 Å². The van der Waals surface area contributed by atoms with Crippen molar-refractivity contribution in [1.82, 2.24) is 0 Å². The third-order valence-corrected chi connectivity index (χ3v) is 5.82. The number of hydrogen-bond donors (Lipinski definition) is 1. The Kier molecular flexibility index (Phi) is 4.01. The quantitative estimate of drug-likeness (QED) is 0.845. The molecule has 1 unspecified atom stereocenters. The van der Waals surface area contributed by atoms with Crippen LogP contribution in [0.5, 0.6) is 0 Å². The van der Waals surface area contributed by atoms with Gasteiger partial charge in [-0.05, 0) is 49.4 Å². The third kappa shape index (κ3) is 2.91. The summed E-state index contributed by atoms with van der Waals surface area (Å²) in [7, 11) is 0. The maximum absolute atomic E-state index is 6.14. The lowest BCUT2D eigenvalue weighted by atomic mass is 10.1. The van der Waals surface area contributed by atoms with E-state index in [4.69, 9.17) is 5.73 Å². The molecule has 0 saturated carbocycles. The van der Waals surface area contributed by atoms with Gasteiger partial charge in [-0.15, -0.1) is 22.7 Å². The second kappa shape index (κ2) is 5.10. The zero-order valence-corrected chi connectivity index (χ0v) is 12.5. The van der Waals surface area contributed by atoms with Crippen molar-refractivity contribution in [3.05, 3.63) is 41.6 Å². The molecule has 5 heteroatoms. The van der Waals surface area contributed by atoms with E-state index in [-0.39, 0.29) is 6.04 Å². The van der Waals surface area contributed by atoms with Crippen LogP contribution in [0.3, 0.4) is 0 Å². The normalized spacial score (nSPS) is 13.0. The van der Waals surface area contributed by atoms with Gasteiger partial charge in [0.05, 0.1) is 0 Å². The van der Waals surface area contributed by atoms with Crippen LogP contribution in [0.25, 0.3) is 0 Å². The summed E-state index contributed by atoms with van der Waals surface area (Å²) < 4.78 is 2.28. The summed E-state index contributed by atoms with van der Waals surface area (Å²) in [5, 5.41) is 4.15. The van der Waals surface area contributed by atoms with Crippen molar-refractivity contribution in [1.29, 1.82) is 0 Å². The highest BCUT2D eigenvalue weighted by atomic mass is 79.9. The molecule has 2 rings (SSSR count). The van der Waals surface area contributed by atoms with E-state index in [2.05, 4.69) is 54.8 Å². The van der Waals surface area contributed by atoms with Crippen molar-refractivity contribution in [3.63, 3.8) is 0 Å². The lowest BCUT2D eigenvalue weighted by molar-refractivity contribution is 0.743. The van der Waals surface area contributed by atoms with E-state index in [0.29, 0.717) is 0 Å². The largest absolute Gasteiger partial charge is 0.323 e. The highest BCUT2D eigenvalue weighted by molar-refractivity contribution is 9.10. The van der Waals surface area contributed by atoms with Crippen LogP contribution >= 0.6 is 54.5 Å². The number of halogens is 2. The van der Waals surface area contributed by atoms with E-state index in [0.717, 1.165) is 10.9 Å². The first kappa shape index (κ1) is 11.8. The van der Waals surface area contributed by atoms with Gasteiger partial charge in [-0.2, -0.15) is 0 Å². The fourth-order valence-corrected chi connectivity index (χ4v) is 4.32. The first-order valence-corrected chi connectivity index (χ1v) is 7.72. The van der Waals surface area contributed by atoms with Crippen LogP contribution in [0, 0.1) is 0 Å². The zero-order chi connectivity index (χ0) is 10.8. The molecule has 2 heterocycles. The van der Waals surface area contributed by atoms with Gasteiger partial charge in [-0.25, -0.2) is 0 Å². The molecule has 0 radical (unpaired) electrons. The SMILES string of the molecule is NC(Cc1sccc1Br)c1cc(Br)cs1. The molecule has 2 aromatic heterocycles. The van der Waals surface area contributed by atoms with Gasteiger partial charge >= 0.3 is 0 Å². The molecular weight excluding hydrogens is 358 g/mol. The molecule has 80 valence electrons. The Balaban J connectivity index is 2.10. The Morgan fingerprint density at radius 2 is 2.13 bits per heavy atom. The van der Waals surface area contributed by atoms with E-state index in [1.54, 1.807) is 22.7 Å². The van der Waals surface area contributed by atoms with Gasteiger partial charge in [0, 0.05) is 36.5 Å². The van der Waals surface area contributed by atoms with Crippen molar-refractivity contribution in [2.75, 3.05) is 0 Å². The summed E-state index contributed by atoms with van der Waals surface area (Å²) in [4.78, 5) is 2.54. The lowest BCUT2D eigenvalue weighted by Gasteiger charge is -2.07. The maximum atomic E-state index is 6.14. The summed E-state index contributed by atoms with van der Waals surface area (Å²) in [5.74, 6) is 0. The van der Waals surface area contributed by atoms with E-state index in [1.165, 1.54) is 14.2 Å². The van der Waals surface area contributed by atoms with Crippen LogP contribution in [0.15, 0.2) is 31.8 Å². The average molecular weight is 367 g/mol. The van der Waals surface area contributed by atoms with Crippen molar-refractivity contribution in [2.45, 2.75) is 12.5 Å². The first-order chi connectivity index (χ1) is 7.16. The molecule has 2 N–H and O–H groups in total. The number of nitrogens with two attached hydrogens (primary N) is 1. The predicted molar refractivity (Wildman–Crippen MR) is 74.7 cm³/mol. The fourth-order valence-electron chi connectivity index (χ4n) is 1.29. The highest BCUT2D eigenvalue weighted by Crippen LogP contribution is 2.30. The smallest absolute Gasteiger partial charge is 0.0439 e. The van der Waals surface area contributed by atoms with Crippen molar-refractivity contribution < 1.29 is 0 Å². The van der Waals surface area contributed by atoms with E-state index < -0.39 is 0 Å². The summed E-state index contributed by atoms with van der Waals surface area (Å²) in [5.41, 5.74) is 6.14. The Hall–Kier alpha value is 0.320. The molecule has 0 fully saturated rings. The van der Waals surface area contributed by atoms with Gasteiger partial charge < -0.3 is 5.73 Å². The molecular formula is C10H9Br2NS2. The first-order valence-electron chi connectivity index (χ1n) is 4.38. The second-order valence-electron chi connectivity index (χ2n) is 3.17. The van der Waals surface area contributed by atoms with Gasteiger partial charge in [0.15, 0.2) is 0 Å². The zero-order valence-electron chi connectivity index (χ0n) is 7.74. The molecule has 0 aromatic carbocycles. The fraction of sp³-hybridized carbons (Fsp3) is 0.200. The van der Waals surface area contributed by atoms with Crippen LogP contribution in [-0.4, -0.2) is 0 Å². The monoisotopic (exact) mass is 365 g/mol. The molecule has 1 nitrogen and oxygen atoms in total. The second-order valence-corrected chi connectivity index (χ2v) is 6.88. The summed E-state index contributed by atoms with van der Waals surface area (Å²) in [6.45, 7) is 0. The number of thiophene rings is 2. The molecule has 0 amide bonds. The molecule has 0 saturated heterocycles. The van der Waals surface area contributed by atoms with Gasteiger partial charge in [0.1, 0.15) is 0 Å². The molecule has 0 aliphatic rings. The molecule has 15 heavy (non-hydrogen) atoms. The van der Waals surface area contributed by atoms with E-state index in [1.807, 2.05) is 0 Å². The summed E-state index contributed by atoms with van der Waals surface area (Å²) in [6, 6.07) is 4.25. The van der Waals surface area contributed by atoms with Gasteiger partial charge in [0.2, 0.25) is 0 Å². The Morgan fingerprint density at radius 1 is 1.33 bits per heavy atom. The molecule has 0 bridgehead atoms.